The van der Waals surface area contributed by atoms with Crippen molar-refractivity contribution in [2.45, 2.75) is 70.4 Å². The molecule has 4 aromatic rings. The summed E-state index contributed by atoms with van der Waals surface area (Å²) in [5.41, 5.74) is 1.22. The minimum absolute atomic E-state index is 0.0531. The van der Waals surface area contributed by atoms with Crippen molar-refractivity contribution in [1.29, 1.82) is 0 Å². The summed E-state index contributed by atoms with van der Waals surface area (Å²) in [6, 6.07) is 0.842. The number of rotatable bonds is 38. The number of fused-ring (bicyclic) bond motifs is 1. The van der Waals surface area contributed by atoms with Gasteiger partial charge in [-0.25, -0.2) is 22.5 Å². The van der Waals surface area contributed by atoms with Crippen molar-refractivity contribution >= 4 is 42.0 Å². The predicted octanol–water partition coefficient (Wildman–Crippen LogP) is 4.64. The molecule has 28 heteroatoms. The first-order valence-electron chi connectivity index (χ1n) is 24.2. The molecular formula is C45H65ClF3N8O15P. The molecule has 6 rings (SSSR count). The zero-order valence-electron chi connectivity index (χ0n) is 40.6. The minimum Gasteiger partial charge on any atom is -0.420 e. The maximum Gasteiger partial charge on any atom is 0.350 e. The van der Waals surface area contributed by atoms with E-state index < -0.39 is 49.3 Å². The summed E-state index contributed by atoms with van der Waals surface area (Å²) in [6.07, 6.45) is 7.74. The van der Waals surface area contributed by atoms with Crippen LogP contribution in [0.15, 0.2) is 24.5 Å². The van der Waals surface area contributed by atoms with Crippen molar-refractivity contribution in [2.75, 3.05) is 130 Å². The van der Waals surface area contributed by atoms with E-state index in [9.17, 15) is 22.5 Å². The van der Waals surface area contributed by atoms with Crippen LogP contribution in [0.4, 0.5) is 19.0 Å². The van der Waals surface area contributed by atoms with Crippen molar-refractivity contribution in [2.24, 2.45) is 5.92 Å². The first kappa shape index (κ1) is 58.3. The molecule has 0 amide bonds. The van der Waals surface area contributed by atoms with Gasteiger partial charge in [0.15, 0.2) is 23.5 Å². The largest absolute Gasteiger partial charge is 0.420 e. The Morgan fingerprint density at radius 1 is 0.781 bits per heavy atom. The van der Waals surface area contributed by atoms with Crippen molar-refractivity contribution in [3.05, 3.63) is 53.0 Å². The van der Waals surface area contributed by atoms with Crippen LogP contribution in [0.1, 0.15) is 56.9 Å². The zero-order chi connectivity index (χ0) is 51.7. The average Bonchev–Trinajstić information content (AvgIpc) is 4.20. The van der Waals surface area contributed by atoms with Gasteiger partial charge in [0, 0.05) is 25.2 Å². The zero-order valence-corrected chi connectivity index (χ0v) is 42.2. The third-order valence-electron chi connectivity index (χ3n) is 11.2. The Balaban J connectivity index is 0.731. The van der Waals surface area contributed by atoms with E-state index in [4.69, 9.17) is 68.8 Å². The number of anilines is 1. The Morgan fingerprint density at radius 3 is 2.03 bits per heavy atom. The average molecular weight is 1080 g/mol. The van der Waals surface area contributed by atoms with Crippen LogP contribution in [0.25, 0.3) is 11.0 Å². The Kier molecular flexibility index (Phi) is 25.4. The quantitative estimate of drug-likeness (QED) is 0.0204. The summed E-state index contributed by atoms with van der Waals surface area (Å²) >= 11 is 6.51. The normalized spacial score (nSPS) is 16.4. The van der Waals surface area contributed by atoms with Crippen molar-refractivity contribution in [3.63, 3.8) is 0 Å². The van der Waals surface area contributed by atoms with E-state index in [0.29, 0.717) is 140 Å². The summed E-state index contributed by atoms with van der Waals surface area (Å²) in [5, 5.41) is 13.7. The van der Waals surface area contributed by atoms with Crippen LogP contribution in [0.3, 0.4) is 0 Å². The standard InChI is InChI=1S/C45H65ClF3N8O15P/c46-45-51-43(37-27-50-57(44(37)52-45)40-6-5-36(71-40)31-70-32-73(59,60)61)55(28-33-3-1-2-4-33)8-11-63-14-17-66-21-22-68-23-24-69-30-35-29-56(54-53-35)9-12-64-15-18-67-20-19-65-16-13-62-10-7-41(58)72-42-38(48)25-34(47)26-39(42)49/h25-27,29,33,36,40H,1-24,28,30-32H2,(H2,59,60,61). The highest BCUT2D eigenvalue weighted by atomic mass is 35.5. The highest BCUT2D eigenvalue weighted by Crippen LogP contribution is 2.37. The van der Waals surface area contributed by atoms with Crippen LogP contribution >= 0.6 is 19.2 Å². The van der Waals surface area contributed by atoms with E-state index in [1.807, 2.05) is 0 Å². The maximum atomic E-state index is 13.6. The van der Waals surface area contributed by atoms with Gasteiger partial charge < -0.3 is 66.8 Å². The second-order valence-electron chi connectivity index (χ2n) is 16.9. The molecule has 2 atom stereocenters. The van der Waals surface area contributed by atoms with Gasteiger partial charge in [-0.2, -0.15) is 15.1 Å². The molecule has 1 saturated heterocycles. The van der Waals surface area contributed by atoms with E-state index in [-0.39, 0.29) is 50.8 Å². The lowest BCUT2D eigenvalue weighted by Gasteiger charge is -2.27. The van der Waals surface area contributed by atoms with Gasteiger partial charge in [-0.3, -0.25) is 9.36 Å². The van der Waals surface area contributed by atoms with Crippen molar-refractivity contribution in [1.82, 2.24) is 34.7 Å². The summed E-state index contributed by atoms with van der Waals surface area (Å²) in [4.78, 5) is 41.3. The number of carbonyl (C=O) groups is 1. The van der Waals surface area contributed by atoms with Crippen LogP contribution in [0.2, 0.25) is 5.28 Å². The van der Waals surface area contributed by atoms with Crippen LogP contribution < -0.4 is 9.64 Å². The second kappa shape index (κ2) is 31.8. The van der Waals surface area contributed by atoms with Crippen molar-refractivity contribution < 1.29 is 84.4 Å². The molecule has 2 fully saturated rings. The molecule has 1 aliphatic carbocycles. The van der Waals surface area contributed by atoms with E-state index >= 15 is 0 Å². The molecule has 408 valence electrons. The van der Waals surface area contributed by atoms with Gasteiger partial charge in [0.2, 0.25) is 11.0 Å². The van der Waals surface area contributed by atoms with Crippen LogP contribution in [0, 0.1) is 23.4 Å². The molecule has 4 heterocycles. The monoisotopic (exact) mass is 1080 g/mol. The molecule has 23 nitrogen and oxygen atoms in total. The van der Waals surface area contributed by atoms with Gasteiger partial charge in [-0.15, -0.1) is 5.10 Å². The van der Waals surface area contributed by atoms with E-state index in [2.05, 4.69) is 35.0 Å². The van der Waals surface area contributed by atoms with E-state index in [0.717, 1.165) is 24.8 Å². The molecule has 0 bridgehead atoms. The molecule has 1 aliphatic heterocycles. The maximum absolute atomic E-state index is 13.6. The molecular weight excluding hydrogens is 1020 g/mol. The predicted molar refractivity (Wildman–Crippen MR) is 252 cm³/mol. The molecule has 2 N–H and O–H groups in total. The summed E-state index contributed by atoms with van der Waals surface area (Å²) in [7, 11) is -4.27. The number of esters is 1. The minimum atomic E-state index is -4.27. The summed E-state index contributed by atoms with van der Waals surface area (Å²) < 4.78 is 115. The Labute approximate surface area is 425 Å². The molecule has 2 aliphatic rings. The van der Waals surface area contributed by atoms with Crippen LogP contribution in [-0.2, 0) is 69.9 Å². The molecule has 1 saturated carbocycles. The van der Waals surface area contributed by atoms with Crippen LogP contribution in [-0.4, -0.2) is 182 Å². The van der Waals surface area contributed by atoms with Gasteiger partial charge >= 0.3 is 13.6 Å². The Hall–Kier alpha value is -3.99. The molecule has 1 aromatic carbocycles. The lowest BCUT2D eigenvalue weighted by Crippen LogP contribution is -2.33. The number of hydrogen-bond acceptors (Lipinski definition) is 19. The lowest BCUT2D eigenvalue weighted by atomic mass is 10.1. The van der Waals surface area contributed by atoms with Gasteiger partial charge in [-0.05, 0) is 43.2 Å². The third-order valence-corrected chi connectivity index (χ3v) is 11.9. The van der Waals surface area contributed by atoms with Gasteiger partial charge in [0.25, 0.3) is 0 Å². The van der Waals surface area contributed by atoms with Crippen LogP contribution in [0.5, 0.6) is 5.75 Å². The van der Waals surface area contributed by atoms with Crippen molar-refractivity contribution in [3.8, 4) is 5.75 Å². The first-order chi connectivity index (χ1) is 35.4. The lowest BCUT2D eigenvalue weighted by molar-refractivity contribution is -0.136. The number of carbonyl (C=O) groups excluding carboxylic acids is 1. The number of benzene rings is 1. The van der Waals surface area contributed by atoms with Gasteiger partial charge in [-0.1, -0.05) is 18.1 Å². The second-order valence-corrected chi connectivity index (χ2v) is 18.9. The fourth-order valence-corrected chi connectivity index (χ4v) is 8.31. The SMILES string of the molecule is O=C(CCOCCOCCOCCOCCn1cc(COCCOCCOCCOCCN(CC2CCCC2)c2nc(Cl)nc3c2cnn3C2CCC(COCP(=O)(O)O)O2)nn1)Oc1c(F)cc(F)cc1F. The highest BCUT2D eigenvalue weighted by Gasteiger charge is 2.31. The molecule has 2 unspecified atom stereocenters. The Bertz CT molecular complexity index is 2280. The highest BCUT2D eigenvalue weighted by molar-refractivity contribution is 7.51. The summed E-state index contributed by atoms with van der Waals surface area (Å²) in [5.74, 6) is -4.42. The summed E-state index contributed by atoms with van der Waals surface area (Å²) in [6.45, 7) is 7.23. The first-order valence-corrected chi connectivity index (χ1v) is 26.4. The smallest absolute Gasteiger partial charge is 0.350 e. The number of nitrogens with zero attached hydrogens (tertiary/aromatic N) is 8. The Morgan fingerprint density at radius 2 is 1.38 bits per heavy atom. The third kappa shape index (κ3) is 21.3. The topological polar surface area (TPSA) is 254 Å². The number of halogens is 4. The number of hydrogen-bond donors (Lipinski definition) is 2. The number of ether oxygens (including phenoxy) is 11. The van der Waals surface area contributed by atoms with E-state index in [1.165, 1.54) is 12.8 Å². The van der Waals surface area contributed by atoms with Gasteiger partial charge in [0.1, 0.15) is 23.7 Å². The molecule has 0 spiro atoms. The fraction of sp³-hybridized carbons (Fsp3) is 0.689. The van der Waals surface area contributed by atoms with Gasteiger partial charge in [0.05, 0.1) is 149 Å². The molecule has 73 heavy (non-hydrogen) atoms. The van der Waals surface area contributed by atoms with E-state index in [1.54, 1.807) is 21.8 Å². The molecule has 3 aromatic heterocycles. The molecule has 0 radical (unpaired) electrons. The fourth-order valence-electron chi connectivity index (χ4n) is 7.81. The number of aromatic nitrogens is 7.